The maximum atomic E-state index is 11.0. The van der Waals surface area contributed by atoms with E-state index in [9.17, 15) is 4.79 Å². The number of carboxylic acids is 1. The van der Waals surface area contributed by atoms with Crippen molar-refractivity contribution in [2.75, 3.05) is 11.4 Å². The number of carbonyl (C=O) groups is 1. The lowest BCUT2D eigenvalue weighted by Gasteiger charge is -2.37. The van der Waals surface area contributed by atoms with Crippen LogP contribution < -0.4 is 4.90 Å². The number of carboxylic acid groups (broad SMARTS) is 1. The molecule has 1 aliphatic heterocycles. The lowest BCUT2D eigenvalue weighted by molar-refractivity contribution is 0.0702. The molecule has 0 aromatic carbocycles. The van der Waals surface area contributed by atoms with E-state index < -0.39 is 5.97 Å². The highest BCUT2D eigenvalue weighted by Gasteiger charge is 2.36. The monoisotopic (exact) mass is 286 g/mol. The summed E-state index contributed by atoms with van der Waals surface area (Å²) in [5, 5.41) is 9.95. The van der Waals surface area contributed by atoms with Crippen LogP contribution in [-0.4, -0.2) is 28.6 Å². The van der Waals surface area contributed by atoms with Gasteiger partial charge in [-0.05, 0) is 31.6 Å². The van der Waals surface area contributed by atoms with Gasteiger partial charge in [-0.25, -0.2) is 9.78 Å². The molecule has 1 aromatic rings. The molecule has 2 heterocycles. The van der Waals surface area contributed by atoms with Crippen LogP contribution in [-0.2, 0) is 0 Å². The average Bonchev–Trinajstić information content (AvgIpc) is 2.94. The van der Waals surface area contributed by atoms with Gasteiger partial charge in [-0.3, -0.25) is 0 Å². The number of piperidine rings is 1. The van der Waals surface area contributed by atoms with Crippen LogP contribution in [0.15, 0.2) is 0 Å². The number of aromatic nitrogens is 1. The van der Waals surface area contributed by atoms with Crippen LogP contribution in [0, 0.1) is 5.92 Å². The summed E-state index contributed by atoms with van der Waals surface area (Å²) in [6.45, 7) is 0.976. The van der Waals surface area contributed by atoms with Crippen molar-refractivity contribution in [1.29, 1.82) is 0 Å². The molecule has 0 spiro atoms. The maximum Gasteiger partial charge on any atom is 0.349 e. The van der Waals surface area contributed by atoms with Crippen LogP contribution in [0.5, 0.6) is 0 Å². The number of halogens is 1. The first kappa shape index (κ1) is 12.2. The van der Waals surface area contributed by atoms with Crippen LogP contribution in [0.2, 0.25) is 5.15 Å². The van der Waals surface area contributed by atoms with Gasteiger partial charge in [0, 0.05) is 12.6 Å². The van der Waals surface area contributed by atoms with Crippen molar-refractivity contribution >= 4 is 34.0 Å². The van der Waals surface area contributed by atoms with E-state index in [-0.39, 0.29) is 10.0 Å². The van der Waals surface area contributed by atoms with Crippen LogP contribution >= 0.6 is 22.9 Å². The van der Waals surface area contributed by atoms with Crippen molar-refractivity contribution in [2.45, 2.75) is 38.1 Å². The minimum atomic E-state index is -0.983. The van der Waals surface area contributed by atoms with Gasteiger partial charge in [-0.2, -0.15) is 0 Å². The number of rotatable bonds is 2. The van der Waals surface area contributed by atoms with E-state index in [4.69, 9.17) is 16.7 Å². The first-order valence-electron chi connectivity index (χ1n) is 6.33. The van der Waals surface area contributed by atoms with Gasteiger partial charge in [0.05, 0.1) is 0 Å². The van der Waals surface area contributed by atoms with Gasteiger partial charge in [0.15, 0.2) is 15.2 Å². The molecule has 1 aliphatic carbocycles. The quantitative estimate of drug-likeness (QED) is 0.907. The maximum absolute atomic E-state index is 11.0. The van der Waals surface area contributed by atoms with Crippen molar-refractivity contribution in [3.05, 3.63) is 10.0 Å². The number of fused-ring (bicyclic) bond motifs is 1. The Kier molecular flexibility index (Phi) is 3.20. The van der Waals surface area contributed by atoms with Gasteiger partial charge in [0.1, 0.15) is 0 Å². The van der Waals surface area contributed by atoms with Crippen LogP contribution in [0.25, 0.3) is 0 Å². The van der Waals surface area contributed by atoms with Crippen molar-refractivity contribution in [1.82, 2.24) is 4.98 Å². The fourth-order valence-electron chi connectivity index (χ4n) is 3.24. The molecule has 2 unspecified atom stereocenters. The molecule has 18 heavy (non-hydrogen) atoms. The summed E-state index contributed by atoms with van der Waals surface area (Å²) >= 11 is 7.10. The number of hydrogen-bond donors (Lipinski definition) is 1. The first-order valence-corrected chi connectivity index (χ1v) is 7.52. The second-order valence-corrected chi connectivity index (χ2v) is 6.35. The molecule has 2 fully saturated rings. The van der Waals surface area contributed by atoms with E-state index in [0.717, 1.165) is 17.6 Å². The van der Waals surface area contributed by atoms with Crippen molar-refractivity contribution in [3.63, 3.8) is 0 Å². The third kappa shape index (κ3) is 1.99. The predicted molar refractivity (Wildman–Crippen MR) is 71.8 cm³/mol. The van der Waals surface area contributed by atoms with E-state index in [1.54, 1.807) is 0 Å². The molecule has 1 N–H and O–H groups in total. The summed E-state index contributed by atoms with van der Waals surface area (Å²) in [5.41, 5.74) is 0. The van der Waals surface area contributed by atoms with Gasteiger partial charge >= 0.3 is 5.97 Å². The lowest BCUT2D eigenvalue weighted by atomic mass is 9.92. The van der Waals surface area contributed by atoms with Crippen molar-refractivity contribution < 1.29 is 9.90 Å². The summed E-state index contributed by atoms with van der Waals surface area (Å²) in [7, 11) is 0. The molecule has 0 amide bonds. The normalized spacial score (nSPS) is 27.3. The van der Waals surface area contributed by atoms with Crippen molar-refractivity contribution in [3.8, 4) is 0 Å². The molecule has 4 nitrogen and oxygen atoms in total. The zero-order valence-corrected chi connectivity index (χ0v) is 11.5. The fourth-order valence-corrected chi connectivity index (χ4v) is 4.44. The zero-order chi connectivity index (χ0) is 12.7. The molecular formula is C12H15ClN2O2S. The summed E-state index contributed by atoms with van der Waals surface area (Å²) < 4.78 is 0. The van der Waals surface area contributed by atoms with Crippen LogP contribution in [0.4, 0.5) is 5.13 Å². The summed E-state index contributed by atoms with van der Waals surface area (Å²) in [5.74, 6) is -0.224. The minimum absolute atomic E-state index is 0.127. The molecule has 0 bridgehead atoms. The fraction of sp³-hybridized carbons (Fsp3) is 0.667. The Morgan fingerprint density at radius 1 is 1.39 bits per heavy atom. The van der Waals surface area contributed by atoms with Gasteiger partial charge in [-0.15, -0.1) is 0 Å². The van der Waals surface area contributed by atoms with E-state index in [1.807, 2.05) is 0 Å². The SMILES string of the molecule is O=C(O)c1sc(N2CCCC3CCCC32)nc1Cl. The second-order valence-electron chi connectivity index (χ2n) is 5.02. The molecule has 6 heteroatoms. The molecule has 2 aliphatic rings. The second kappa shape index (κ2) is 4.70. The van der Waals surface area contributed by atoms with E-state index in [2.05, 4.69) is 9.88 Å². The Balaban J connectivity index is 1.89. The Labute approximate surface area is 115 Å². The topological polar surface area (TPSA) is 53.4 Å². The largest absolute Gasteiger partial charge is 0.477 e. The molecular weight excluding hydrogens is 272 g/mol. The molecule has 2 atom stereocenters. The molecule has 98 valence electrons. The Morgan fingerprint density at radius 3 is 2.89 bits per heavy atom. The molecule has 1 saturated carbocycles. The third-order valence-corrected chi connectivity index (χ3v) is 5.47. The number of thiazole rings is 1. The minimum Gasteiger partial charge on any atom is -0.477 e. The van der Waals surface area contributed by atoms with Gasteiger partial charge in [0.25, 0.3) is 0 Å². The predicted octanol–water partition coefficient (Wildman–Crippen LogP) is 3.26. The summed E-state index contributed by atoms with van der Waals surface area (Å²) in [6.07, 6.45) is 6.24. The average molecular weight is 287 g/mol. The lowest BCUT2D eigenvalue weighted by Crippen LogP contribution is -2.42. The van der Waals surface area contributed by atoms with Crippen LogP contribution in [0.1, 0.15) is 41.8 Å². The number of nitrogens with zero attached hydrogens (tertiary/aromatic N) is 2. The Bertz CT molecular complexity index is 477. The zero-order valence-electron chi connectivity index (χ0n) is 9.93. The van der Waals surface area contributed by atoms with Gasteiger partial charge in [0.2, 0.25) is 0 Å². The molecule has 0 radical (unpaired) electrons. The molecule has 1 saturated heterocycles. The summed E-state index contributed by atoms with van der Waals surface area (Å²) in [6, 6.07) is 0.544. The van der Waals surface area contributed by atoms with Gasteiger partial charge in [-0.1, -0.05) is 29.4 Å². The number of aromatic carboxylic acids is 1. The highest BCUT2D eigenvalue weighted by molar-refractivity contribution is 7.18. The third-order valence-electron chi connectivity index (χ3n) is 4.01. The molecule has 3 rings (SSSR count). The molecule has 1 aromatic heterocycles. The van der Waals surface area contributed by atoms with E-state index >= 15 is 0 Å². The van der Waals surface area contributed by atoms with E-state index in [0.29, 0.717) is 6.04 Å². The highest BCUT2D eigenvalue weighted by Crippen LogP contribution is 2.41. The summed E-state index contributed by atoms with van der Waals surface area (Å²) in [4.78, 5) is 17.7. The smallest absolute Gasteiger partial charge is 0.349 e. The van der Waals surface area contributed by atoms with Gasteiger partial charge < -0.3 is 10.0 Å². The highest BCUT2D eigenvalue weighted by atomic mass is 35.5. The van der Waals surface area contributed by atoms with Crippen LogP contribution in [0.3, 0.4) is 0 Å². The standard InChI is InChI=1S/C12H15ClN2O2S/c13-10-9(11(16)17)18-12(14-10)15-6-2-4-7-3-1-5-8(7)15/h7-8H,1-6H2,(H,16,17). The first-order chi connectivity index (χ1) is 8.66. The number of hydrogen-bond acceptors (Lipinski definition) is 4. The Hall–Kier alpha value is -0.810. The van der Waals surface area contributed by atoms with E-state index in [1.165, 1.54) is 43.4 Å². The Morgan fingerprint density at radius 2 is 2.17 bits per heavy atom. The van der Waals surface area contributed by atoms with Crippen molar-refractivity contribution in [2.24, 2.45) is 5.92 Å². The number of anilines is 1.